The first-order chi connectivity index (χ1) is 19.7. The van der Waals surface area contributed by atoms with E-state index in [0.717, 1.165) is 95.3 Å². The minimum atomic E-state index is -0.0785. The summed E-state index contributed by atoms with van der Waals surface area (Å²) in [5, 5.41) is 3.21. The van der Waals surface area contributed by atoms with E-state index in [0.29, 0.717) is 5.69 Å². The summed E-state index contributed by atoms with van der Waals surface area (Å²) in [5.41, 5.74) is 2.11. The van der Waals surface area contributed by atoms with Gasteiger partial charge in [-0.05, 0) is 49.9 Å². The topological polar surface area (TPSA) is 73.8 Å². The first-order valence-corrected chi connectivity index (χ1v) is 16.0. The summed E-state index contributed by atoms with van der Waals surface area (Å²) >= 11 is 0. The van der Waals surface area contributed by atoms with Crippen molar-refractivity contribution in [1.29, 1.82) is 0 Å². The molecule has 0 atom stereocenters. The number of nitrogens with zero attached hydrogens (tertiary/aromatic N) is 5. The van der Waals surface area contributed by atoms with Crippen LogP contribution in [0, 0.1) is 0 Å². The van der Waals surface area contributed by atoms with Crippen molar-refractivity contribution in [2.24, 2.45) is 0 Å². The number of hydrogen-bond acceptors (Lipinski definition) is 7. The van der Waals surface area contributed by atoms with Crippen molar-refractivity contribution in [2.45, 2.75) is 85.1 Å². The van der Waals surface area contributed by atoms with Gasteiger partial charge in [-0.3, -0.25) is 9.69 Å². The summed E-state index contributed by atoms with van der Waals surface area (Å²) in [6.45, 7) is 18.6. The molecule has 3 fully saturated rings. The molecule has 0 aromatic carbocycles. The Morgan fingerprint density at radius 1 is 0.825 bits per heavy atom. The maximum Gasteiger partial charge on any atom is 0.270 e. The molecule has 0 radical (unpaired) electrons. The van der Waals surface area contributed by atoms with E-state index in [-0.39, 0.29) is 13.4 Å². The third-order valence-electron chi connectivity index (χ3n) is 7.95. The molecule has 0 aliphatic carbocycles. The van der Waals surface area contributed by atoms with Crippen LogP contribution >= 0.6 is 0 Å². The number of unbranched alkanes of at least 4 members (excludes halogenated alkanes) is 1. The molecule has 2 aromatic heterocycles. The molecule has 3 saturated heterocycles. The number of nitrogens with one attached hydrogen (secondary N) is 1. The van der Waals surface area contributed by atoms with Crippen LogP contribution in [0.1, 0.15) is 91.0 Å². The molecular formula is C32H56N6O2. The fourth-order valence-corrected chi connectivity index (χ4v) is 5.27. The van der Waals surface area contributed by atoms with Crippen LogP contribution in [-0.4, -0.2) is 97.3 Å². The molecule has 0 unspecified atom stereocenters. The van der Waals surface area contributed by atoms with Gasteiger partial charge in [-0.1, -0.05) is 53.4 Å². The van der Waals surface area contributed by atoms with Crippen LogP contribution in [0.3, 0.4) is 0 Å². The van der Waals surface area contributed by atoms with Crippen LogP contribution < -0.4 is 10.2 Å². The third kappa shape index (κ3) is 10.3. The number of fused-ring (bicyclic) bond motifs is 1. The predicted molar refractivity (Wildman–Crippen MR) is 168 cm³/mol. The van der Waals surface area contributed by atoms with Gasteiger partial charge in [0.15, 0.2) is 0 Å². The lowest BCUT2D eigenvalue weighted by atomic mass is 10.0. The number of amides is 1. The van der Waals surface area contributed by atoms with Gasteiger partial charge in [0.25, 0.3) is 5.91 Å². The zero-order valence-electron chi connectivity index (χ0n) is 25.7. The zero-order valence-corrected chi connectivity index (χ0v) is 25.7. The number of morpholine rings is 1. The molecule has 5 heterocycles. The van der Waals surface area contributed by atoms with Gasteiger partial charge in [0.2, 0.25) is 0 Å². The van der Waals surface area contributed by atoms with E-state index in [4.69, 9.17) is 9.72 Å². The Balaban J connectivity index is 0.000000775. The molecular weight excluding hydrogens is 500 g/mol. The molecule has 0 spiro atoms. The second-order valence-corrected chi connectivity index (χ2v) is 10.8. The molecule has 3 aliphatic rings. The lowest BCUT2D eigenvalue weighted by Gasteiger charge is -2.34. The van der Waals surface area contributed by atoms with Crippen LogP contribution in [0.25, 0.3) is 11.0 Å². The van der Waals surface area contributed by atoms with Crippen LogP contribution in [0.15, 0.2) is 24.3 Å². The predicted octanol–water partition coefficient (Wildman–Crippen LogP) is 5.62. The van der Waals surface area contributed by atoms with Crippen molar-refractivity contribution in [3.8, 4) is 0 Å². The number of piperidine rings is 1. The Labute approximate surface area is 244 Å². The first kappa shape index (κ1) is 32.2. The van der Waals surface area contributed by atoms with Crippen molar-refractivity contribution in [3.05, 3.63) is 30.0 Å². The molecule has 1 N–H and O–H groups in total. The van der Waals surface area contributed by atoms with Crippen LogP contribution in [0.5, 0.6) is 0 Å². The van der Waals surface area contributed by atoms with Gasteiger partial charge < -0.3 is 19.9 Å². The average Bonchev–Trinajstić information content (AvgIpc) is 3.32. The van der Waals surface area contributed by atoms with E-state index in [1.807, 2.05) is 32.0 Å². The Kier molecular flexibility index (Phi) is 14.7. The number of aromatic nitrogens is 2. The van der Waals surface area contributed by atoms with Gasteiger partial charge in [-0.15, -0.1) is 0 Å². The number of anilines is 1. The molecule has 8 nitrogen and oxygen atoms in total. The molecule has 0 saturated carbocycles. The molecule has 40 heavy (non-hydrogen) atoms. The van der Waals surface area contributed by atoms with Crippen LogP contribution in [-0.2, 0) is 4.74 Å². The standard InChI is InChI=1S/C26H38N6O2.C4H10.C2H6.H2/c33-26(27-21-9-13-30(14-10-21)15-16-31-17-19-34-20-18-31)24-6-5-23-22(28-24)7-8-25(29-23)32-11-3-1-2-4-12-32;1-3-4-2;1-2;/h5-8,21H,1-4,9-20H2,(H,27,33);3-4H2,1-2H3;1-2H3;1H. The fourth-order valence-electron chi connectivity index (χ4n) is 5.27. The summed E-state index contributed by atoms with van der Waals surface area (Å²) in [4.78, 5) is 29.7. The van der Waals surface area contributed by atoms with Gasteiger partial charge in [0, 0.05) is 59.8 Å². The smallest absolute Gasteiger partial charge is 0.270 e. The van der Waals surface area contributed by atoms with Gasteiger partial charge in [0.1, 0.15) is 11.5 Å². The molecule has 5 rings (SSSR count). The number of pyridine rings is 2. The lowest BCUT2D eigenvalue weighted by Crippen LogP contribution is -2.47. The second kappa shape index (κ2) is 18.2. The summed E-state index contributed by atoms with van der Waals surface area (Å²) < 4.78 is 5.43. The van der Waals surface area contributed by atoms with Gasteiger partial charge in [0.05, 0.1) is 24.2 Å². The normalized spacial score (nSPS) is 19.1. The first-order valence-electron chi connectivity index (χ1n) is 16.0. The number of ether oxygens (including phenoxy) is 1. The van der Waals surface area contributed by atoms with E-state index in [2.05, 4.69) is 44.9 Å². The zero-order chi connectivity index (χ0) is 28.6. The highest BCUT2D eigenvalue weighted by atomic mass is 16.5. The van der Waals surface area contributed by atoms with Gasteiger partial charge in [-0.25, -0.2) is 9.97 Å². The number of hydrogen-bond donors (Lipinski definition) is 1. The Morgan fingerprint density at radius 3 is 2.02 bits per heavy atom. The van der Waals surface area contributed by atoms with Crippen LogP contribution in [0.4, 0.5) is 5.82 Å². The molecule has 2 aromatic rings. The minimum Gasteiger partial charge on any atom is -0.379 e. The monoisotopic (exact) mass is 556 g/mol. The molecule has 1 amide bonds. The van der Waals surface area contributed by atoms with E-state index in [1.165, 1.54) is 38.5 Å². The summed E-state index contributed by atoms with van der Waals surface area (Å²) in [6.07, 6.45) is 9.68. The number of carbonyl (C=O) groups is 1. The maximum absolute atomic E-state index is 12.9. The fraction of sp³-hybridized carbons (Fsp3) is 0.719. The molecule has 226 valence electrons. The van der Waals surface area contributed by atoms with Crippen molar-refractivity contribution in [1.82, 2.24) is 25.1 Å². The highest BCUT2D eigenvalue weighted by Crippen LogP contribution is 2.21. The van der Waals surface area contributed by atoms with Gasteiger partial charge >= 0.3 is 0 Å². The van der Waals surface area contributed by atoms with Crippen molar-refractivity contribution >= 4 is 22.8 Å². The highest BCUT2D eigenvalue weighted by molar-refractivity contribution is 5.94. The Morgan fingerprint density at radius 2 is 1.40 bits per heavy atom. The molecule has 0 bridgehead atoms. The Hall–Kier alpha value is -2.29. The van der Waals surface area contributed by atoms with Gasteiger partial charge in [-0.2, -0.15) is 0 Å². The largest absolute Gasteiger partial charge is 0.379 e. The SMILES string of the molecule is CC.CCCC.O=C(NC1CCN(CCN2CCOCC2)CC1)c1ccc2nc(N3CCCCCC3)ccc2n1.[HH]. The third-order valence-corrected chi connectivity index (χ3v) is 7.95. The average molecular weight is 557 g/mol. The van der Waals surface area contributed by atoms with E-state index >= 15 is 0 Å². The van der Waals surface area contributed by atoms with Crippen molar-refractivity contribution in [2.75, 3.05) is 70.5 Å². The lowest BCUT2D eigenvalue weighted by molar-refractivity contribution is 0.0318. The van der Waals surface area contributed by atoms with E-state index in [1.54, 1.807) is 0 Å². The summed E-state index contributed by atoms with van der Waals surface area (Å²) in [5.74, 6) is 0.944. The summed E-state index contributed by atoms with van der Waals surface area (Å²) in [7, 11) is 0. The minimum absolute atomic E-state index is 0. The summed E-state index contributed by atoms with van der Waals surface area (Å²) in [6, 6.07) is 8.02. The second-order valence-electron chi connectivity index (χ2n) is 10.8. The quantitative estimate of drug-likeness (QED) is 0.475. The van der Waals surface area contributed by atoms with E-state index in [9.17, 15) is 4.79 Å². The molecule has 8 heteroatoms. The Bertz CT molecular complexity index is 985. The highest BCUT2D eigenvalue weighted by Gasteiger charge is 2.22. The molecule has 3 aliphatic heterocycles. The van der Waals surface area contributed by atoms with Crippen molar-refractivity contribution < 1.29 is 11.0 Å². The van der Waals surface area contributed by atoms with Crippen molar-refractivity contribution in [3.63, 3.8) is 0 Å². The maximum atomic E-state index is 12.9. The number of likely N-dealkylation sites (tertiary alicyclic amines) is 1. The van der Waals surface area contributed by atoms with Crippen LogP contribution in [0.2, 0.25) is 0 Å². The number of rotatable bonds is 7. The number of carbonyl (C=O) groups excluding carboxylic acids is 1. The van der Waals surface area contributed by atoms with E-state index < -0.39 is 0 Å².